The Morgan fingerprint density at radius 1 is 1.25 bits per heavy atom. The molecule has 1 aliphatic heterocycles. The Morgan fingerprint density at radius 2 is 1.93 bits per heavy atom. The maximum Gasteiger partial charge on any atom is 0.345 e. The molecule has 0 fully saturated rings. The van der Waals surface area contributed by atoms with Crippen LogP contribution < -0.4 is 5.32 Å². The minimum absolute atomic E-state index is 0.0595. The fourth-order valence-corrected chi connectivity index (χ4v) is 3.69. The summed E-state index contributed by atoms with van der Waals surface area (Å²) < 4.78 is 44.2. The van der Waals surface area contributed by atoms with E-state index in [1.165, 1.54) is 31.5 Å². The molecule has 1 aliphatic rings. The van der Waals surface area contributed by atoms with Gasteiger partial charge in [0.2, 0.25) is 0 Å². The highest BCUT2D eigenvalue weighted by atomic mass is 32.2. The molecule has 148 valence electrons. The number of aromatic nitrogens is 2. The molecule has 2 heterocycles. The lowest BCUT2D eigenvalue weighted by molar-refractivity contribution is -0.118. The molecule has 3 rings (SSSR count). The SMILES string of the molecule is CCn1ncc(C2=NS(=O)(=O)N(C)C(C(=O)NCc3ccc(F)cc3)=C2)c1C. The first-order valence-electron chi connectivity index (χ1n) is 8.59. The highest BCUT2D eigenvalue weighted by molar-refractivity contribution is 7.88. The summed E-state index contributed by atoms with van der Waals surface area (Å²) in [6, 6.07) is 5.66. The Hall–Kier alpha value is -3.01. The Bertz CT molecular complexity index is 1070. The van der Waals surface area contributed by atoms with Crippen molar-refractivity contribution in [2.45, 2.75) is 26.9 Å². The smallest absolute Gasteiger partial charge is 0.345 e. The minimum Gasteiger partial charge on any atom is -0.347 e. The van der Waals surface area contributed by atoms with Crippen molar-refractivity contribution < 1.29 is 17.6 Å². The van der Waals surface area contributed by atoms with Crippen LogP contribution in [0.3, 0.4) is 0 Å². The number of likely N-dealkylation sites (N-methyl/N-ethyl adjacent to an activating group) is 1. The average molecular weight is 405 g/mol. The van der Waals surface area contributed by atoms with E-state index in [9.17, 15) is 17.6 Å². The van der Waals surface area contributed by atoms with Gasteiger partial charge in [0.15, 0.2) is 0 Å². The van der Waals surface area contributed by atoms with E-state index in [0.29, 0.717) is 17.7 Å². The van der Waals surface area contributed by atoms with E-state index in [2.05, 4.69) is 14.8 Å². The van der Waals surface area contributed by atoms with Crippen molar-refractivity contribution in [2.24, 2.45) is 4.40 Å². The molecule has 2 aromatic rings. The second-order valence-corrected chi connectivity index (χ2v) is 7.85. The van der Waals surface area contributed by atoms with Gasteiger partial charge in [-0.3, -0.25) is 9.48 Å². The van der Waals surface area contributed by atoms with E-state index >= 15 is 0 Å². The van der Waals surface area contributed by atoms with E-state index in [1.807, 2.05) is 6.92 Å². The van der Waals surface area contributed by atoms with Crippen molar-refractivity contribution in [1.29, 1.82) is 0 Å². The number of hydrogen-bond donors (Lipinski definition) is 1. The number of hydrogen-bond acceptors (Lipinski definition) is 4. The molecular formula is C18H20FN5O3S. The summed E-state index contributed by atoms with van der Waals surface area (Å²) in [7, 11) is -2.79. The molecule has 1 aromatic carbocycles. The first-order chi connectivity index (χ1) is 13.2. The average Bonchev–Trinajstić information content (AvgIpc) is 3.03. The number of carbonyl (C=O) groups excluding carboxylic acids is 1. The van der Waals surface area contributed by atoms with Gasteiger partial charge in [0.25, 0.3) is 5.91 Å². The molecule has 0 saturated heterocycles. The number of amides is 1. The number of halogens is 1. The fraction of sp³-hybridized carbons (Fsp3) is 0.278. The van der Waals surface area contributed by atoms with Crippen molar-refractivity contribution in [2.75, 3.05) is 7.05 Å². The predicted octanol–water partition coefficient (Wildman–Crippen LogP) is 1.53. The molecule has 1 amide bonds. The van der Waals surface area contributed by atoms with Crippen molar-refractivity contribution in [3.63, 3.8) is 0 Å². The lowest BCUT2D eigenvalue weighted by Crippen LogP contribution is -2.38. The molecular weight excluding hydrogens is 385 g/mol. The molecule has 0 aliphatic carbocycles. The van der Waals surface area contributed by atoms with Crippen LogP contribution in [0.4, 0.5) is 4.39 Å². The van der Waals surface area contributed by atoms with E-state index in [0.717, 1.165) is 10.00 Å². The van der Waals surface area contributed by atoms with Crippen LogP contribution in [0.5, 0.6) is 0 Å². The van der Waals surface area contributed by atoms with Crippen molar-refractivity contribution in [3.8, 4) is 0 Å². The zero-order chi connectivity index (χ0) is 20.5. The van der Waals surface area contributed by atoms with Crippen molar-refractivity contribution in [3.05, 3.63) is 64.9 Å². The predicted molar refractivity (Wildman–Crippen MR) is 102 cm³/mol. The molecule has 0 atom stereocenters. The van der Waals surface area contributed by atoms with Crippen LogP contribution in [0, 0.1) is 12.7 Å². The van der Waals surface area contributed by atoms with Gasteiger partial charge in [-0.2, -0.15) is 13.5 Å². The summed E-state index contributed by atoms with van der Waals surface area (Å²) in [6.45, 7) is 4.48. The molecule has 8 nitrogen and oxygen atoms in total. The van der Waals surface area contributed by atoms with Gasteiger partial charge in [-0.05, 0) is 37.6 Å². The first kappa shape index (κ1) is 19.7. The standard InChI is InChI=1S/C18H20FN5O3S/c1-4-24-12(2)15(11-21-24)16-9-17(23(3)28(26,27)22-16)18(25)20-10-13-5-7-14(19)8-6-13/h5-9,11H,4,10H2,1-3H3,(H,20,25). The van der Waals surface area contributed by atoms with Crippen LogP contribution in [0.15, 0.2) is 46.6 Å². The van der Waals surface area contributed by atoms with Crippen LogP contribution in [-0.4, -0.2) is 41.2 Å². The monoisotopic (exact) mass is 405 g/mol. The molecule has 28 heavy (non-hydrogen) atoms. The van der Waals surface area contributed by atoms with Gasteiger partial charge in [0.1, 0.15) is 11.5 Å². The minimum atomic E-state index is -4.05. The summed E-state index contributed by atoms with van der Waals surface area (Å²) in [4.78, 5) is 12.6. The second-order valence-electron chi connectivity index (χ2n) is 6.22. The molecule has 0 saturated carbocycles. The van der Waals surface area contributed by atoms with Crippen molar-refractivity contribution in [1.82, 2.24) is 19.4 Å². The number of nitrogens with one attached hydrogen (secondary N) is 1. The van der Waals surface area contributed by atoms with Crippen LogP contribution in [-0.2, 0) is 28.1 Å². The third kappa shape index (κ3) is 3.81. The molecule has 10 heteroatoms. The molecule has 0 bridgehead atoms. The van der Waals surface area contributed by atoms with Crippen LogP contribution >= 0.6 is 0 Å². The third-order valence-corrected chi connectivity index (χ3v) is 5.77. The van der Waals surface area contributed by atoms with Crippen LogP contribution in [0.1, 0.15) is 23.7 Å². The third-order valence-electron chi connectivity index (χ3n) is 4.45. The summed E-state index contributed by atoms with van der Waals surface area (Å²) in [5, 5.41) is 6.84. The zero-order valence-electron chi connectivity index (χ0n) is 15.7. The summed E-state index contributed by atoms with van der Waals surface area (Å²) in [5.74, 6) is -0.955. The number of allylic oxidation sites excluding steroid dienone is 1. The van der Waals surface area contributed by atoms with Crippen molar-refractivity contribution >= 4 is 21.8 Å². The molecule has 1 aromatic heterocycles. The van der Waals surface area contributed by atoms with Gasteiger partial charge in [0.05, 0.1) is 11.9 Å². The number of nitrogens with zero attached hydrogens (tertiary/aromatic N) is 4. The fourth-order valence-electron chi connectivity index (χ4n) is 2.78. The Balaban J connectivity index is 1.88. The zero-order valence-corrected chi connectivity index (χ0v) is 16.5. The Kier molecular flexibility index (Phi) is 5.32. The number of carbonyl (C=O) groups is 1. The summed E-state index contributed by atoms with van der Waals surface area (Å²) in [5.41, 5.74) is 2.08. The first-order valence-corrected chi connectivity index (χ1v) is 9.98. The highest BCUT2D eigenvalue weighted by Gasteiger charge is 2.30. The number of rotatable bonds is 5. The van der Waals surface area contributed by atoms with Gasteiger partial charge >= 0.3 is 10.2 Å². The molecule has 1 N–H and O–H groups in total. The molecule has 0 spiro atoms. The highest BCUT2D eigenvalue weighted by Crippen LogP contribution is 2.21. The van der Waals surface area contributed by atoms with Gasteiger partial charge in [-0.25, -0.2) is 8.70 Å². The quantitative estimate of drug-likeness (QED) is 0.816. The summed E-state index contributed by atoms with van der Waals surface area (Å²) in [6.07, 6.45) is 2.95. The normalized spacial score (nSPS) is 15.8. The van der Waals surface area contributed by atoms with Gasteiger partial charge in [-0.1, -0.05) is 12.1 Å². The molecule has 0 radical (unpaired) electrons. The topological polar surface area (TPSA) is 96.7 Å². The van der Waals surface area contributed by atoms with Gasteiger partial charge in [-0.15, -0.1) is 4.40 Å². The molecule has 0 unspecified atom stereocenters. The maximum atomic E-state index is 13.0. The number of benzene rings is 1. The Labute approximate surface area is 162 Å². The largest absolute Gasteiger partial charge is 0.347 e. The number of aryl methyl sites for hydroxylation is 1. The van der Waals surface area contributed by atoms with Crippen LogP contribution in [0.2, 0.25) is 0 Å². The second kappa shape index (κ2) is 7.55. The maximum absolute atomic E-state index is 13.0. The lowest BCUT2D eigenvalue weighted by atomic mass is 10.1. The van der Waals surface area contributed by atoms with E-state index in [4.69, 9.17) is 0 Å². The lowest BCUT2D eigenvalue weighted by Gasteiger charge is -2.23. The van der Waals surface area contributed by atoms with Gasteiger partial charge < -0.3 is 5.32 Å². The van der Waals surface area contributed by atoms with E-state index in [-0.39, 0.29) is 23.8 Å². The van der Waals surface area contributed by atoms with E-state index in [1.54, 1.807) is 23.7 Å². The Morgan fingerprint density at radius 3 is 2.54 bits per heavy atom. The van der Waals surface area contributed by atoms with Crippen LogP contribution in [0.25, 0.3) is 0 Å². The van der Waals surface area contributed by atoms with E-state index < -0.39 is 16.1 Å². The van der Waals surface area contributed by atoms with Gasteiger partial charge in [0, 0.05) is 31.4 Å². The summed E-state index contributed by atoms with van der Waals surface area (Å²) >= 11 is 0.